The summed E-state index contributed by atoms with van der Waals surface area (Å²) in [7, 11) is 0. The van der Waals surface area contributed by atoms with Crippen molar-refractivity contribution in [2.75, 3.05) is 6.16 Å². The molecule has 2 aliphatic rings. The Morgan fingerprint density at radius 2 is 2.11 bits per heavy atom. The molecule has 0 radical (unpaired) electrons. The molecular formula is C5H10Cl2NP. The van der Waals surface area contributed by atoms with Crippen LogP contribution in [0, 0.1) is 0 Å². The second-order valence-corrected chi connectivity index (χ2v) is 11.8. The molecule has 0 bridgehead atoms. The number of hydrogen-bond acceptors (Lipinski definition) is 1. The first-order valence-corrected chi connectivity index (χ1v) is 7.63. The monoisotopic (exact) mass is 185 g/mol. The zero-order valence-corrected chi connectivity index (χ0v) is 7.52. The van der Waals surface area contributed by atoms with Crippen molar-refractivity contribution in [2.24, 2.45) is 0 Å². The number of nitrogens with one attached hydrogen (secondary N) is 1. The van der Waals surface area contributed by atoms with Gasteiger partial charge in [-0.3, -0.25) is 0 Å². The van der Waals surface area contributed by atoms with Gasteiger partial charge in [0.15, 0.2) is 0 Å². The Morgan fingerprint density at radius 1 is 1.33 bits per heavy atom. The van der Waals surface area contributed by atoms with Crippen LogP contribution in [0.25, 0.3) is 0 Å². The minimum absolute atomic E-state index is 0.507. The van der Waals surface area contributed by atoms with Crippen molar-refractivity contribution in [3.63, 3.8) is 0 Å². The van der Waals surface area contributed by atoms with Gasteiger partial charge in [-0.1, -0.05) is 0 Å². The molecule has 0 aromatic heterocycles. The van der Waals surface area contributed by atoms with E-state index in [1.54, 1.807) is 0 Å². The Balaban J connectivity index is 2.19. The Bertz CT molecular complexity index is 159. The van der Waals surface area contributed by atoms with Crippen molar-refractivity contribution in [1.29, 1.82) is 0 Å². The van der Waals surface area contributed by atoms with Crippen molar-refractivity contribution in [3.05, 3.63) is 0 Å². The van der Waals surface area contributed by atoms with Gasteiger partial charge in [-0.25, -0.2) is 0 Å². The predicted molar refractivity (Wildman–Crippen MR) is 44.3 cm³/mol. The van der Waals surface area contributed by atoms with E-state index in [0.717, 1.165) is 6.16 Å². The van der Waals surface area contributed by atoms with E-state index in [9.17, 15) is 0 Å². The van der Waals surface area contributed by atoms with E-state index < -0.39 is 5.46 Å². The van der Waals surface area contributed by atoms with Gasteiger partial charge in [-0.2, -0.15) is 0 Å². The van der Waals surface area contributed by atoms with Crippen molar-refractivity contribution in [3.8, 4) is 0 Å². The van der Waals surface area contributed by atoms with Gasteiger partial charge < -0.3 is 0 Å². The summed E-state index contributed by atoms with van der Waals surface area (Å²) in [6.07, 6.45) is 4.76. The second-order valence-electron chi connectivity index (χ2n) is 3.00. The summed E-state index contributed by atoms with van der Waals surface area (Å²) in [4.78, 5) is 0. The number of hydrogen-bond donors (Lipinski definition) is 1. The fraction of sp³-hybridized carbons (Fsp3) is 1.00. The number of fused-ring (bicyclic) bond motifs is 1. The van der Waals surface area contributed by atoms with Crippen LogP contribution in [0.5, 0.6) is 0 Å². The quantitative estimate of drug-likeness (QED) is 0.455. The second kappa shape index (κ2) is 1.58. The normalized spacial score (nSPS) is 48.2. The van der Waals surface area contributed by atoms with Gasteiger partial charge >= 0.3 is 64.2 Å². The fourth-order valence-electron chi connectivity index (χ4n) is 1.55. The molecular weight excluding hydrogens is 176 g/mol. The van der Waals surface area contributed by atoms with Crippen LogP contribution in [-0.2, 0) is 0 Å². The van der Waals surface area contributed by atoms with E-state index in [0.29, 0.717) is 5.78 Å². The number of halogens is 2. The molecule has 1 nitrogen and oxygen atoms in total. The first-order valence-electron chi connectivity index (χ1n) is 3.33. The average Bonchev–Trinajstić information content (AvgIpc) is 2.33. The molecule has 9 heavy (non-hydrogen) atoms. The van der Waals surface area contributed by atoms with Crippen molar-refractivity contribution in [2.45, 2.75) is 25.0 Å². The van der Waals surface area contributed by atoms with E-state index in [1.165, 1.54) is 19.3 Å². The van der Waals surface area contributed by atoms with Crippen LogP contribution in [0.1, 0.15) is 19.3 Å². The third-order valence-corrected chi connectivity index (χ3v) is 8.57. The molecule has 0 aromatic rings. The van der Waals surface area contributed by atoms with E-state index in [4.69, 9.17) is 22.5 Å². The molecule has 1 unspecified atom stereocenters. The molecule has 0 saturated carbocycles. The summed E-state index contributed by atoms with van der Waals surface area (Å²) in [6, 6.07) is 0. The first kappa shape index (κ1) is 6.67. The van der Waals surface area contributed by atoms with Gasteiger partial charge in [0.25, 0.3) is 0 Å². The molecule has 0 aliphatic carbocycles. The van der Waals surface area contributed by atoms with Crippen LogP contribution >= 0.6 is 27.9 Å². The molecule has 2 rings (SSSR count). The van der Waals surface area contributed by atoms with E-state index in [2.05, 4.69) is 5.09 Å². The van der Waals surface area contributed by atoms with Gasteiger partial charge in [-0.05, 0) is 0 Å². The Morgan fingerprint density at radius 3 is 2.56 bits per heavy atom. The van der Waals surface area contributed by atoms with Crippen molar-refractivity contribution >= 4 is 27.9 Å². The third-order valence-electron chi connectivity index (χ3n) is 2.25. The zero-order chi connectivity index (χ0) is 6.56. The summed E-state index contributed by atoms with van der Waals surface area (Å²) < 4.78 is 0. The summed E-state index contributed by atoms with van der Waals surface area (Å²) in [5, 5.41) is 3.24. The Kier molecular flexibility index (Phi) is 1.17. The van der Waals surface area contributed by atoms with E-state index in [-0.39, 0.29) is 0 Å². The van der Waals surface area contributed by atoms with Crippen LogP contribution < -0.4 is 5.09 Å². The van der Waals surface area contributed by atoms with Crippen molar-refractivity contribution < 1.29 is 0 Å². The summed E-state index contributed by atoms with van der Waals surface area (Å²) in [5.74, 6) is 0.507. The van der Waals surface area contributed by atoms with Gasteiger partial charge in [0, 0.05) is 0 Å². The standard InChI is InChI=1S/C5H10Cl2NP/c6-9(7)4-2-1-3-5(9)8-9/h5,8H,1-4H2. The average molecular weight is 186 g/mol. The molecule has 2 aliphatic heterocycles. The summed E-state index contributed by atoms with van der Waals surface area (Å²) in [5.41, 5.74) is -2.18. The van der Waals surface area contributed by atoms with Gasteiger partial charge in [-0.15, -0.1) is 0 Å². The molecule has 4 heteroatoms. The maximum absolute atomic E-state index is 6.19. The van der Waals surface area contributed by atoms with Crippen molar-refractivity contribution in [1.82, 2.24) is 5.09 Å². The summed E-state index contributed by atoms with van der Waals surface area (Å²) in [6.45, 7) is 0. The zero-order valence-electron chi connectivity index (χ0n) is 5.11. The topological polar surface area (TPSA) is 21.9 Å². The molecule has 2 heterocycles. The first-order chi connectivity index (χ1) is 4.10. The molecule has 54 valence electrons. The van der Waals surface area contributed by atoms with Gasteiger partial charge in [0.05, 0.1) is 0 Å². The van der Waals surface area contributed by atoms with Crippen LogP contribution in [-0.4, -0.2) is 11.9 Å². The number of rotatable bonds is 0. The fourth-order valence-corrected chi connectivity index (χ4v) is 7.16. The summed E-state index contributed by atoms with van der Waals surface area (Å²) >= 11 is 12.4. The van der Waals surface area contributed by atoms with Crippen LogP contribution in [0.3, 0.4) is 0 Å². The van der Waals surface area contributed by atoms with Gasteiger partial charge in [0.1, 0.15) is 0 Å². The third kappa shape index (κ3) is 0.903. The molecule has 0 spiro atoms. The van der Waals surface area contributed by atoms with E-state index >= 15 is 0 Å². The van der Waals surface area contributed by atoms with Gasteiger partial charge in [0.2, 0.25) is 0 Å². The molecule has 2 saturated heterocycles. The molecule has 1 atom stereocenters. The van der Waals surface area contributed by atoms with Crippen LogP contribution in [0.4, 0.5) is 0 Å². The van der Waals surface area contributed by atoms with Crippen LogP contribution in [0.2, 0.25) is 0 Å². The Labute approximate surface area is 64.7 Å². The molecule has 0 amide bonds. The van der Waals surface area contributed by atoms with Crippen LogP contribution in [0.15, 0.2) is 0 Å². The molecule has 2 fully saturated rings. The Hall–Kier alpha value is 0.970. The molecule has 1 N–H and O–H groups in total. The predicted octanol–water partition coefficient (Wildman–Crippen LogP) is 2.88. The van der Waals surface area contributed by atoms with E-state index in [1.807, 2.05) is 0 Å². The maximum atomic E-state index is 6.19. The minimum atomic E-state index is -2.18. The molecule has 0 aromatic carbocycles. The SMILES string of the molecule is ClP12(Cl)CCCCC1N2.